The number of carbonyl (C=O) groups excluding carboxylic acids is 1. The number of nitrogens with one attached hydrogen (secondary N) is 1. The maximum Gasteiger partial charge on any atom is 0.320 e. The van der Waals surface area contributed by atoms with Crippen LogP contribution in [0.5, 0.6) is 17.9 Å². The van der Waals surface area contributed by atoms with E-state index in [0.29, 0.717) is 49.4 Å². The molecule has 0 spiro atoms. The van der Waals surface area contributed by atoms with Gasteiger partial charge >= 0.3 is 12.0 Å². The first-order valence-corrected chi connectivity index (χ1v) is 11.1. The molecule has 3 aromatic rings. The zero-order chi connectivity index (χ0) is 24.3. The van der Waals surface area contributed by atoms with Gasteiger partial charge in [-0.25, -0.2) is 4.98 Å². The molecule has 0 aliphatic rings. The van der Waals surface area contributed by atoms with Gasteiger partial charge in [0.15, 0.2) is 17.0 Å². The summed E-state index contributed by atoms with van der Waals surface area (Å²) in [5.74, 6) is 0.448. The smallest absolute Gasteiger partial charge is 0.320 e. The fourth-order valence-electron chi connectivity index (χ4n) is 3.06. The Kier molecular flexibility index (Phi) is 9.21. The van der Waals surface area contributed by atoms with Gasteiger partial charge in [-0.05, 0) is 24.9 Å². The lowest BCUT2D eigenvalue weighted by atomic mass is 10.3. The summed E-state index contributed by atoms with van der Waals surface area (Å²) in [6.07, 6.45) is 4.35. The molecule has 0 aliphatic carbocycles. The Bertz CT molecular complexity index is 1070. The topological polar surface area (TPSA) is 149 Å². The van der Waals surface area contributed by atoms with Crippen molar-refractivity contribution in [2.75, 3.05) is 46.3 Å². The summed E-state index contributed by atoms with van der Waals surface area (Å²) in [5, 5.41) is 2.98. The summed E-state index contributed by atoms with van der Waals surface area (Å²) in [7, 11) is 2.90. The quantitative estimate of drug-likeness (QED) is 0.259. The molecule has 0 saturated heterocycles. The van der Waals surface area contributed by atoms with Gasteiger partial charge in [0.2, 0.25) is 5.88 Å². The van der Waals surface area contributed by atoms with Crippen LogP contribution in [0.4, 0.5) is 5.82 Å². The van der Waals surface area contributed by atoms with Gasteiger partial charge < -0.3 is 30.0 Å². The number of nitrogen functional groups attached to an aromatic ring is 1. The number of rotatable bonds is 14. The van der Waals surface area contributed by atoms with Gasteiger partial charge in [-0.1, -0.05) is 19.4 Å². The van der Waals surface area contributed by atoms with Crippen molar-refractivity contribution >= 4 is 23.0 Å². The number of hydrogen-bond donors (Lipinski definition) is 2. The van der Waals surface area contributed by atoms with Crippen molar-refractivity contribution in [3.63, 3.8) is 0 Å². The first-order chi connectivity index (χ1) is 16.5. The van der Waals surface area contributed by atoms with E-state index in [9.17, 15) is 4.79 Å². The molecule has 0 radical (unpaired) electrons. The third kappa shape index (κ3) is 6.67. The minimum Gasteiger partial charge on any atom is -0.478 e. The molecular formula is C22H31N7O5. The van der Waals surface area contributed by atoms with E-state index < -0.39 is 0 Å². The van der Waals surface area contributed by atoms with Gasteiger partial charge in [0.05, 0.1) is 40.5 Å². The van der Waals surface area contributed by atoms with E-state index in [4.69, 9.17) is 19.9 Å². The second-order valence-corrected chi connectivity index (χ2v) is 7.41. The number of nitrogens with zero attached hydrogens (tertiary/aromatic N) is 5. The highest BCUT2D eigenvalue weighted by molar-refractivity contribution is 5.83. The van der Waals surface area contributed by atoms with E-state index in [1.54, 1.807) is 16.8 Å². The van der Waals surface area contributed by atoms with Crippen molar-refractivity contribution < 1.29 is 23.7 Å². The van der Waals surface area contributed by atoms with Crippen LogP contribution in [0.15, 0.2) is 18.3 Å². The van der Waals surface area contributed by atoms with Crippen LogP contribution in [0.25, 0.3) is 11.2 Å². The summed E-state index contributed by atoms with van der Waals surface area (Å²) in [5.41, 5.74) is 7.97. The van der Waals surface area contributed by atoms with Gasteiger partial charge in [0.1, 0.15) is 0 Å². The Morgan fingerprint density at radius 1 is 1.12 bits per heavy atom. The molecule has 3 heterocycles. The van der Waals surface area contributed by atoms with Crippen molar-refractivity contribution in [1.29, 1.82) is 0 Å². The van der Waals surface area contributed by atoms with Crippen molar-refractivity contribution in [3.05, 3.63) is 23.9 Å². The van der Waals surface area contributed by atoms with E-state index in [0.717, 1.165) is 24.8 Å². The van der Waals surface area contributed by atoms with Crippen molar-refractivity contribution in [2.24, 2.45) is 0 Å². The number of ether oxygens (including phenoxy) is 4. The molecule has 0 bridgehead atoms. The summed E-state index contributed by atoms with van der Waals surface area (Å²) in [4.78, 5) is 28.5. The summed E-state index contributed by atoms with van der Waals surface area (Å²) >= 11 is 0. The van der Waals surface area contributed by atoms with E-state index in [2.05, 4.69) is 36.9 Å². The van der Waals surface area contributed by atoms with Crippen molar-refractivity contribution in [1.82, 2.24) is 29.8 Å². The largest absolute Gasteiger partial charge is 0.478 e. The number of anilines is 1. The Balaban J connectivity index is 1.63. The normalized spacial score (nSPS) is 10.9. The highest BCUT2D eigenvalue weighted by Crippen LogP contribution is 2.26. The number of unbranched alkanes of at least 4 members (excludes halogenated alkanes) is 1. The molecular weight excluding hydrogens is 442 g/mol. The van der Waals surface area contributed by atoms with Gasteiger partial charge in [-0.2, -0.15) is 15.0 Å². The van der Waals surface area contributed by atoms with E-state index in [1.807, 2.05) is 6.07 Å². The number of esters is 1. The monoisotopic (exact) mass is 473 g/mol. The van der Waals surface area contributed by atoms with Crippen LogP contribution >= 0.6 is 0 Å². The molecule has 0 fully saturated rings. The summed E-state index contributed by atoms with van der Waals surface area (Å²) in [6, 6.07) is 4.28. The predicted octanol–water partition coefficient (Wildman–Crippen LogP) is 1.57. The Labute approximate surface area is 197 Å². The van der Waals surface area contributed by atoms with Gasteiger partial charge in [0.25, 0.3) is 6.01 Å². The number of pyridine rings is 1. The second-order valence-electron chi connectivity index (χ2n) is 7.41. The molecule has 0 atom stereocenters. The molecule has 0 amide bonds. The Morgan fingerprint density at radius 3 is 2.65 bits per heavy atom. The average molecular weight is 474 g/mol. The zero-order valence-corrected chi connectivity index (χ0v) is 19.7. The molecule has 0 unspecified atom stereocenters. The molecule has 3 N–H and O–H groups in total. The van der Waals surface area contributed by atoms with Crippen LogP contribution in [-0.2, 0) is 16.1 Å². The van der Waals surface area contributed by atoms with E-state index in [1.165, 1.54) is 14.2 Å². The first-order valence-electron chi connectivity index (χ1n) is 11.1. The molecule has 34 heavy (non-hydrogen) atoms. The lowest BCUT2D eigenvalue weighted by molar-refractivity contribution is -0.139. The maximum atomic E-state index is 11.1. The molecule has 3 aromatic heterocycles. The number of methoxy groups -OCH3 is 2. The lowest BCUT2D eigenvalue weighted by Crippen LogP contribution is -2.25. The molecule has 184 valence electrons. The minimum atomic E-state index is -0.296. The lowest BCUT2D eigenvalue weighted by Gasteiger charge is -2.10. The third-order valence-electron chi connectivity index (χ3n) is 4.86. The highest BCUT2D eigenvalue weighted by atomic mass is 16.5. The number of hydrogen-bond acceptors (Lipinski definition) is 11. The van der Waals surface area contributed by atoms with Crippen LogP contribution in [-0.4, -0.2) is 71.0 Å². The van der Waals surface area contributed by atoms with Crippen LogP contribution in [0.2, 0.25) is 0 Å². The number of nitrogens with two attached hydrogens (primary N) is 1. The number of imidazole rings is 1. The SMILES string of the molecule is CCCCOc1nc(N)c2nc(OC)n(Cc3ccc(OCCCNCC(=O)OC)nc3)c2n1. The van der Waals surface area contributed by atoms with Crippen molar-refractivity contribution in [3.8, 4) is 17.9 Å². The molecule has 0 saturated carbocycles. The molecule has 12 heteroatoms. The van der Waals surface area contributed by atoms with Crippen LogP contribution in [0.3, 0.4) is 0 Å². The second kappa shape index (κ2) is 12.5. The predicted molar refractivity (Wildman–Crippen MR) is 125 cm³/mol. The average Bonchev–Trinajstić information content (AvgIpc) is 3.20. The third-order valence-corrected chi connectivity index (χ3v) is 4.86. The molecule has 0 aromatic carbocycles. The first kappa shape index (κ1) is 25.0. The molecule has 3 rings (SSSR count). The zero-order valence-electron chi connectivity index (χ0n) is 19.7. The van der Waals surface area contributed by atoms with Gasteiger partial charge in [0, 0.05) is 12.3 Å². The van der Waals surface area contributed by atoms with Gasteiger partial charge in [-0.3, -0.25) is 9.36 Å². The van der Waals surface area contributed by atoms with Crippen molar-refractivity contribution in [2.45, 2.75) is 32.7 Å². The number of carbonyl (C=O) groups is 1. The maximum absolute atomic E-state index is 11.1. The van der Waals surface area contributed by atoms with Gasteiger partial charge in [-0.15, -0.1) is 0 Å². The summed E-state index contributed by atoms with van der Waals surface area (Å²) < 4.78 is 23.1. The molecule has 0 aliphatic heterocycles. The fraction of sp³-hybridized carbons (Fsp3) is 0.500. The Hall–Kier alpha value is -3.67. The highest BCUT2D eigenvalue weighted by Gasteiger charge is 2.18. The van der Waals surface area contributed by atoms with Crippen LogP contribution in [0.1, 0.15) is 31.7 Å². The van der Waals surface area contributed by atoms with Crippen LogP contribution in [0, 0.1) is 0 Å². The summed E-state index contributed by atoms with van der Waals surface area (Å²) in [6.45, 7) is 4.29. The minimum absolute atomic E-state index is 0.179. The number of aromatic nitrogens is 5. The fourth-order valence-corrected chi connectivity index (χ4v) is 3.06. The standard InChI is InChI=1S/C22H31N7O5/c1-4-5-10-34-21-27-19(23)18-20(28-21)29(22(26-18)32-3)14-15-7-8-16(25-12-15)33-11-6-9-24-13-17(30)31-2/h7-8,12,24H,4-6,9-11,13-14H2,1-3H3,(H2,23,27,28). The number of fused-ring (bicyclic) bond motifs is 1. The van der Waals surface area contributed by atoms with E-state index in [-0.39, 0.29) is 24.3 Å². The van der Waals surface area contributed by atoms with E-state index >= 15 is 0 Å². The van der Waals surface area contributed by atoms with Crippen LogP contribution < -0.4 is 25.3 Å². The molecule has 12 nitrogen and oxygen atoms in total. The Morgan fingerprint density at radius 2 is 1.94 bits per heavy atom.